The van der Waals surface area contributed by atoms with Crippen molar-refractivity contribution in [3.05, 3.63) is 17.8 Å². The zero-order chi connectivity index (χ0) is 14.5. The van der Waals surface area contributed by atoms with Crippen molar-refractivity contribution in [1.82, 2.24) is 15.3 Å². The van der Waals surface area contributed by atoms with E-state index in [2.05, 4.69) is 34.0 Å². The lowest BCUT2D eigenvalue weighted by molar-refractivity contribution is 0.378. The molecule has 0 radical (unpaired) electrons. The first-order valence-electron chi connectivity index (χ1n) is 7.50. The Morgan fingerprint density at radius 2 is 2.25 bits per heavy atom. The van der Waals surface area contributed by atoms with Crippen LogP contribution in [0.3, 0.4) is 0 Å². The smallest absolute Gasteiger partial charge is 0.186 e. The molecule has 1 saturated heterocycles. The van der Waals surface area contributed by atoms with Crippen molar-refractivity contribution in [2.24, 2.45) is 11.8 Å². The van der Waals surface area contributed by atoms with Crippen molar-refractivity contribution < 1.29 is 4.39 Å². The molecule has 1 N–H and O–H groups in total. The van der Waals surface area contributed by atoms with Gasteiger partial charge >= 0.3 is 0 Å². The Labute approximate surface area is 120 Å². The standard InChI is InChI=1S/C15H25FN4/c1-11(2)7-17-8-13-5-4-6-20(9-13)15-14(16)12(3)18-10-19-15/h10-11,13,17H,4-9H2,1-3H3. The maximum absolute atomic E-state index is 14.1. The van der Waals surface area contributed by atoms with E-state index in [0.29, 0.717) is 23.3 Å². The SMILES string of the molecule is Cc1ncnc(N2CCCC(CNCC(C)C)C2)c1F. The third-order valence-electron chi connectivity index (χ3n) is 3.75. The van der Waals surface area contributed by atoms with Crippen LogP contribution in [0.1, 0.15) is 32.4 Å². The molecule has 20 heavy (non-hydrogen) atoms. The minimum absolute atomic E-state index is 0.275. The van der Waals surface area contributed by atoms with Crippen LogP contribution in [0, 0.1) is 24.6 Å². The lowest BCUT2D eigenvalue weighted by Crippen LogP contribution is -2.41. The van der Waals surface area contributed by atoms with Crippen LogP contribution in [0.25, 0.3) is 0 Å². The maximum Gasteiger partial charge on any atom is 0.186 e. The van der Waals surface area contributed by atoms with Gasteiger partial charge in [0.05, 0.1) is 5.69 Å². The molecule has 0 saturated carbocycles. The summed E-state index contributed by atoms with van der Waals surface area (Å²) in [5, 5.41) is 3.50. The lowest BCUT2D eigenvalue weighted by Gasteiger charge is -2.34. The first-order valence-corrected chi connectivity index (χ1v) is 7.50. The quantitative estimate of drug-likeness (QED) is 0.899. The largest absolute Gasteiger partial charge is 0.354 e. The average molecular weight is 280 g/mol. The third-order valence-corrected chi connectivity index (χ3v) is 3.75. The summed E-state index contributed by atoms with van der Waals surface area (Å²) >= 11 is 0. The first-order chi connectivity index (χ1) is 9.58. The first kappa shape index (κ1) is 15.2. The van der Waals surface area contributed by atoms with E-state index < -0.39 is 0 Å². The number of nitrogens with one attached hydrogen (secondary N) is 1. The van der Waals surface area contributed by atoms with Crippen molar-refractivity contribution in [2.75, 3.05) is 31.1 Å². The summed E-state index contributed by atoms with van der Waals surface area (Å²) < 4.78 is 14.1. The second-order valence-corrected chi connectivity index (χ2v) is 6.10. The summed E-state index contributed by atoms with van der Waals surface area (Å²) in [5.74, 6) is 1.42. The summed E-state index contributed by atoms with van der Waals surface area (Å²) in [6.45, 7) is 9.90. The maximum atomic E-state index is 14.1. The van der Waals surface area contributed by atoms with E-state index >= 15 is 0 Å². The summed E-state index contributed by atoms with van der Waals surface area (Å²) in [5.41, 5.74) is 0.426. The molecule has 0 amide bonds. The molecule has 1 aliphatic heterocycles. The number of hydrogen-bond acceptors (Lipinski definition) is 4. The molecule has 1 atom stereocenters. The lowest BCUT2D eigenvalue weighted by atomic mass is 9.97. The second kappa shape index (κ2) is 6.97. The molecule has 0 spiro atoms. The number of piperidine rings is 1. The van der Waals surface area contributed by atoms with E-state index in [1.54, 1.807) is 6.92 Å². The minimum atomic E-state index is -0.275. The second-order valence-electron chi connectivity index (χ2n) is 6.10. The number of aryl methyl sites for hydroxylation is 1. The van der Waals surface area contributed by atoms with Crippen LogP contribution in [-0.2, 0) is 0 Å². The fourth-order valence-electron chi connectivity index (χ4n) is 2.67. The van der Waals surface area contributed by atoms with Crippen LogP contribution in [0.5, 0.6) is 0 Å². The summed E-state index contributed by atoms with van der Waals surface area (Å²) in [6.07, 6.45) is 3.75. The molecule has 112 valence electrons. The van der Waals surface area contributed by atoms with Crippen LogP contribution < -0.4 is 10.2 Å². The number of aromatic nitrogens is 2. The van der Waals surface area contributed by atoms with Gasteiger partial charge in [-0.25, -0.2) is 14.4 Å². The zero-order valence-corrected chi connectivity index (χ0v) is 12.7. The topological polar surface area (TPSA) is 41.1 Å². The molecule has 1 aromatic rings. The number of anilines is 1. The van der Waals surface area contributed by atoms with Crippen LogP contribution in [0.4, 0.5) is 10.2 Å². The van der Waals surface area contributed by atoms with E-state index in [0.717, 1.165) is 32.6 Å². The van der Waals surface area contributed by atoms with Gasteiger partial charge in [-0.3, -0.25) is 0 Å². The van der Waals surface area contributed by atoms with Crippen molar-refractivity contribution in [1.29, 1.82) is 0 Å². The van der Waals surface area contributed by atoms with Gasteiger partial charge in [0.2, 0.25) is 0 Å². The van der Waals surface area contributed by atoms with E-state index in [9.17, 15) is 4.39 Å². The van der Waals surface area contributed by atoms with E-state index in [1.165, 1.54) is 12.7 Å². The summed E-state index contributed by atoms with van der Waals surface area (Å²) in [6, 6.07) is 0. The fourth-order valence-corrected chi connectivity index (χ4v) is 2.67. The van der Waals surface area contributed by atoms with Crippen LogP contribution in [0.15, 0.2) is 6.33 Å². The number of halogens is 1. The van der Waals surface area contributed by atoms with Crippen LogP contribution in [-0.4, -0.2) is 36.1 Å². The number of hydrogen-bond donors (Lipinski definition) is 1. The highest BCUT2D eigenvalue weighted by molar-refractivity contribution is 5.41. The molecular weight excluding hydrogens is 255 g/mol. The molecule has 0 aliphatic carbocycles. The van der Waals surface area contributed by atoms with Crippen LogP contribution >= 0.6 is 0 Å². The Balaban J connectivity index is 1.94. The highest BCUT2D eigenvalue weighted by Crippen LogP contribution is 2.24. The summed E-state index contributed by atoms with van der Waals surface area (Å²) in [4.78, 5) is 10.1. The Morgan fingerprint density at radius 1 is 1.45 bits per heavy atom. The number of rotatable bonds is 5. The van der Waals surface area contributed by atoms with Gasteiger partial charge in [0.1, 0.15) is 6.33 Å². The summed E-state index contributed by atoms with van der Waals surface area (Å²) in [7, 11) is 0. The molecular formula is C15H25FN4. The Kier molecular flexibility index (Phi) is 5.29. The van der Waals surface area contributed by atoms with Gasteiger partial charge in [0.15, 0.2) is 11.6 Å². The zero-order valence-electron chi connectivity index (χ0n) is 12.7. The molecule has 2 rings (SSSR count). The molecule has 5 heteroatoms. The van der Waals surface area contributed by atoms with Crippen molar-refractivity contribution in [2.45, 2.75) is 33.6 Å². The molecule has 1 unspecified atom stereocenters. The minimum Gasteiger partial charge on any atom is -0.354 e. The van der Waals surface area contributed by atoms with Crippen LogP contribution in [0.2, 0.25) is 0 Å². The van der Waals surface area contributed by atoms with E-state index in [4.69, 9.17) is 0 Å². The predicted molar refractivity (Wildman–Crippen MR) is 79.4 cm³/mol. The molecule has 1 fully saturated rings. The molecule has 0 aromatic carbocycles. The highest BCUT2D eigenvalue weighted by atomic mass is 19.1. The van der Waals surface area contributed by atoms with Gasteiger partial charge in [-0.05, 0) is 44.7 Å². The molecule has 4 nitrogen and oxygen atoms in total. The number of nitrogens with zero attached hydrogens (tertiary/aromatic N) is 3. The van der Waals surface area contributed by atoms with Crippen molar-refractivity contribution in [3.63, 3.8) is 0 Å². The molecule has 1 aliphatic rings. The van der Waals surface area contributed by atoms with Gasteiger partial charge < -0.3 is 10.2 Å². The van der Waals surface area contributed by atoms with Crippen molar-refractivity contribution in [3.8, 4) is 0 Å². The van der Waals surface area contributed by atoms with Gasteiger partial charge in [0.25, 0.3) is 0 Å². The monoisotopic (exact) mass is 280 g/mol. The predicted octanol–water partition coefficient (Wildman–Crippen LogP) is 2.39. The van der Waals surface area contributed by atoms with Gasteiger partial charge in [-0.15, -0.1) is 0 Å². The molecule has 1 aromatic heterocycles. The van der Waals surface area contributed by atoms with E-state index in [1.807, 2.05) is 0 Å². The van der Waals surface area contributed by atoms with Crippen molar-refractivity contribution >= 4 is 5.82 Å². The Morgan fingerprint density at radius 3 is 3.00 bits per heavy atom. The third kappa shape index (κ3) is 3.88. The normalized spacial score (nSPS) is 19.6. The fraction of sp³-hybridized carbons (Fsp3) is 0.733. The average Bonchev–Trinajstić information content (AvgIpc) is 2.42. The Bertz CT molecular complexity index is 436. The molecule has 0 bridgehead atoms. The van der Waals surface area contributed by atoms with Gasteiger partial charge in [-0.2, -0.15) is 0 Å². The van der Waals surface area contributed by atoms with Gasteiger partial charge in [0, 0.05) is 13.1 Å². The molecule has 2 heterocycles. The van der Waals surface area contributed by atoms with E-state index in [-0.39, 0.29) is 5.82 Å². The Hall–Kier alpha value is -1.23. The van der Waals surface area contributed by atoms with Gasteiger partial charge in [-0.1, -0.05) is 13.8 Å². The highest BCUT2D eigenvalue weighted by Gasteiger charge is 2.23.